The summed E-state index contributed by atoms with van der Waals surface area (Å²) in [7, 11) is 1.50. The number of halogens is 4. The van der Waals surface area contributed by atoms with Crippen LogP contribution in [-0.2, 0) is 11.0 Å². The summed E-state index contributed by atoms with van der Waals surface area (Å²) in [5, 5.41) is 15.8. The van der Waals surface area contributed by atoms with E-state index in [1.54, 1.807) is 12.1 Å². The largest absolute Gasteiger partial charge is 0.419 e. The van der Waals surface area contributed by atoms with E-state index in [2.05, 4.69) is 21.4 Å². The second-order valence-corrected chi connectivity index (χ2v) is 9.52. The lowest BCUT2D eigenvalue weighted by Crippen LogP contribution is -2.43. The Morgan fingerprint density at radius 3 is 2.58 bits per heavy atom. The maximum absolute atomic E-state index is 13.8. The maximum atomic E-state index is 13.8. The molecule has 7 nitrogen and oxygen atoms in total. The van der Waals surface area contributed by atoms with Crippen LogP contribution in [0.25, 0.3) is 5.57 Å². The number of benzene rings is 2. The number of carbonyl (C=O) groups excluding carboxylic acids is 1. The Morgan fingerprint density at radius 1 is 1.20 bits per heavy atom. The highest BCUT2D eigenvalue weighted by molar-refractivity contribution is 6.02. The van der Waals surface area contributed by atoms with Gasteiger partial charge in [0.1, 0.15) is 12.9 Å². The monoisotopic (exact) mass is 555 g/mol. The van der Waals surface area contributed by atoms with Crippen molar-refractivity contribution in [3.05, 3.63) is 77.6 Å². The van der Waals surface area contributed by atoms with Crippen LogP contribution in [0, 0.1) is 23.1 Å². The van der Waals surface area contributed by atoms with Crippen LogP contribution in [-0.4, -0.2) is 49.9 Å². The number of nitrogens with one attached hydrogen (secondary N) is 1. The van der Waals surface area contributed by atoms with E-state index >= 15 is 0 Å². The highest BCUT2D eigenvalue weighted by atomic mass is 19.4. The first kappa shape index (κ1) is 28.8. The molecule has 1 aliphatic heterocycles. The van der Waals surface area contributed by atoms with E-state index in [1.165, 1.54) is 12.0 Å². The zero-order valence-electron chi connectivity index (χ0n) is 21.9. The zero-order valence-corrected chi connectivity index (χ0v) is 21.9. The molecule has 1 N–H and O–H groups in total. The predicted octanol–water partition coefficient (Wildman–Crippen LogP) is 6.46. The molecule has 1 unspecified atom stereocenters. The van der Waals surface area contributed by atoms with Gasteiger partial charge < -0.3 is 15.1 Å². The van der Waals surface area contributed by atoms with Gasteiger partial charge in [0.25, 0.3) is 0 Å². The summed E-state index contributed by atoms with van der Waals surface area (Å²) in [4.78, 5) is 21.8. The standard InChI is InChI=1S/C29H29F4N5O2/c1-40-36-23-11-13-37(14-12-23)15-16-38(28(39)35-24-7-10-27(30)26(18-24)29(31,32)33)25-8-5-21(6-9-25)22-4-2-3-20(17-22)19-34/h2-10,18,20H,11-17H2,1H3,(H,35,39). The maximum Gasteiger partial charge on any atom is 0.419 e. The van der Waals surface area contributed by atoms with E-state index in [9.17, 15) is 27.6 Å². The topological polar surface area (TPSA) is 81.0 Å². The Morgan fingerprint density at radius 2 is 1.93 bits per heavy atom. The van der Waals surface area contributed by atoms with E-state index in [-0.39, 0.29) is 18.2 Å². The molecular formula is C29H29F4N5O2. The van der Waals surface area contributed by atoms with Crippen LogP contribution in [0.1, 0.15) is 30.4 Å². The molecule has 2 aliphatic rings. The second kappa shape index (κ2) is 12.8. The summed E-state index contributed by atoms with van der Waals surface area (Å²) in [6.07, 6.45) is 2.78. The van der Waals surface area contributed by atoms with Crippen molar-refractivity contribution < 1.29 is 27.2 Å². The van der Waals surface area contributed by atoms with Gasteiger partial charge in [-0.15, -0.1) is 0 Å². The number of hydrogen-bond donors (Lipinski definition) is 1. The van der Waals surface area contributed by atoms with Gasteiger partial charge in [0, 0.05) is 50.4 Å². The van der Waals surface area contributed by atoms with Gasteiger partial charge in [0.15, 0.2) is 0 Å². The van der Waals surface area contributed by atoms with Gasteiger partial charge in [-0.25, -0.2) is 9.18 Å². The summed E-state index contributed by atoms with van der Waals surface area (Å²) >= 11 is 0. The molecule has 0 spiro atoms. The SMILES string of the molecule is CON=C1CCN(CCN(C(=O)Nc2ccc(F)c(C(F)(F)F)c2)c2ccc(C3=CC=CC(C#N)C3)cc2)CC1. The lowest BCUT2D eigenvalue weighted by atomic mass is 9.91. The predicted molar refractivity (Wildman–Crippen MR) is 145 cm³/mol. The van der Waals surface area contributed by atoms with Gasteiger partial charge in [-0.05, 0) is 47.9 Å². The van der Waals surface area contributed by atoms with Crippen molar-refractivity contribution >= 4 is 28.7 Å². The first-order valence-electron chi connectivity index (χ1n) is 12.8. The molecule has 1 atom stereocenters. The van der Waals surface area contributed by atoms with E-state index in [0.29, 0.717) is 30.8 Å². The normalized spacial score (nSPS) is 17.6. The highest BCUT2D eigenvalue weighted by Gasteiger charge is 2.34. The fourth-order valence-corrected chi connectivity index (χ4v) is 4.69. The van der Waals surface area contributed by atoms with Crippen LogP contribution in [0.2, 0.25) is 0 Å². The molecule has 1 aliphatic carbocycles. The quantitative estimate of drug-likeness (QED) is 0.314. The molecule has 0 saturated carbocycles. The van der Waals surface area contributed by atoms with E-state index in [1.807, 2.05) is 30.4 Å². The molecule has 1 saturated heterocycles. The van der Waals surface area contributed by atoms with Crippen LogP contribution in [0.4, 0.5) is 33.7 Å². The molecule has 2 aromatic rings. The molecule has 0 aromatic heterocycles. The average molecular weight is 556 g/mol. The van der Waals surface area contributed by atoms with Crippen LogP contribution in [0.5, 0.6) is 0 Å². The van der Waals surface area contributed by atoms with Crippen LogP contribution in [0.15, 0.2) is 65.8 Å². The fourth-order valence-electron chi connectivity index (χ4n) is 4.69. The number of anilines is 2. The zero-order chi connectivity index (χ0) is 28.7. The van der Waals surface area contributed by atoms with Crippen molar-refractivity contribution in [1.82, 2.24) is 4.90 Å². The number of oxime groups is 1. The lowest BCUT2D eigenvalue weighted by molar-refractivity contribution is -0.139. The first-order chi connectivity index (χ1) is 19.2. The summed E-state index contributed by atoms with van der Waals surface area (Å²) in [6, 6.07) is 11.2. The Labute approximate surface area is 230 Å². The van der Waals surface area contributed by atoms with Gasteiger partial charge in [-0.3, -0.25) is 4.90 Å². The minimum atomic E-state index is -4.90. The number of carbonyl (C=O) groups is 1. The summed E-state index contributed by atoms with van der Waals surface area (Å²) in [6.45, 7) is 2.24. The van der Waals surface area contributed by atoms with Crippen LogP contribution >= 0.6 is 0 Å². The molecule has 11 heteroatoms. The van der Waals surface area contributed by atoms with Gasteiger partial charge >= 0.3 is 12.2 Å². The third-order valence-corrected chi connectivity index (χ3v) is 6.86. The molecule has 0 bridgehead atoms. The minimum Gasteiger partial charge on any atom is -0.399 e. The van der Waals surface area contributed by atoms with Gasteiger partial charge in [0.05, 0.1) is 23.3 Å². The van der Waals surface area contributed by atoms with Crippen molar-refractivity contribution in [3.8, 4) is 6.07 Å². The van der Waals surface area contributed by atoms with Crippen molar-refractivity contribution in [1.29, 1.82) is 5.26 Å². The van der Waals surface area contributed by atoms with E-state index in [4.69, 9.17) is 4.84 Å². The van der Waals surface area contributed by atoms with Crippen molar-refractivity contribution in [2.75, 3.05) is 43.5 Å². The first-order valence-corrected chi connectivity index (χ1v) is 12.8. The molecule has 2 aromatic carbocycles. The third kappa shape index (κ3) is 7.27. The molecule has 1 fully saturated rings. The number of rotatable bonds is 7. The van der Waals surface area contributed by atoms with Crippen molar-refractivity contribution in [2.24, 2.45) is 11.1 Å². The van der Waals surface area contributed by atoms with Crippen molar-refractivity contribution in [3.63, 3.8) is 0 Å². The lowest BCUT2D eigenvalue weighted by Gasteiger charge is -2.30. The average Bonchev–Trinajstić information content (AvgIpc) is 2.95. The Bertz CT molecular complexity index is 1340. The number of urea groups is 1. The van der Waals surface area contributed by atoms with E-state index in [0.717, 1.165) is 48.8 Å². The smallest absolute Gasteiger partial charge is 0.399 e. The summed E-state index contributed by atoms with van der Waals surface area (Å²) in [5.41, 5.74) is 1.79. The van der Waals surface area contributed by atoms with Crippen LogP contribution in [0.3, 0.4) is 0 Å². The van der Waals surface area contributed by atoms with Gasteiger partial charge in [-0.1, -0.05) is 35.5 Å². The highest BCUT2D eigenvalue weighted by Crippen LogP contribution is 2.33. The number of amides is 2. The Balaban J connectivity index is 1.53. The minimum absolute atomic E-state index is 0.166. The number of piperidine rings is 1. The number of allylic oxidation sites excluding steroid dienone is 4. The molecule has 1 heterocycles. The van der Waals surface area contributed by atoms with Crippen molar-refractivity contribution in [2.45, 2.75) is 25.4 Å². The molecule has 210 valence electrons. The molecule has 2 amide bonds. The molecule has 4 rings (SSSR count). The molecular weight excluding hydrogens is 526 g/mol. The van der Waals surface area contributed by atoms with Crippen LogP contribution < -0.4 is 10.2 Å². The number of likely N-dealkylation sites (tertiary alicyclic amines) is 1. The second-order valence-electron chi connectivity index (χ2n) is 9.52. The summed E-state index contributed by atoms with van der Waals surface area (Å²) in [5.74, 6) is -1.62. The number of alkyl halides is 3. The fraction of sp³-hybridized carbons (Fsp3) is 0.345. The van der Waals surface area contributed by atoms with E-state index < -0.39 is 23.6 Å². The number of hydrogen-bond acceptors (Lipinski definition) is 5. The molecule has 0 radical (unpaired) electrons. The van der Waals surface area contributed by atoms with Gasteiger partial charge in [-0.2, -0.15) is 18.4 Å². The Hall–Kier alpha value is -4.17. The number of nitrogens with zero attached hydrogens (tertiary/aromatic N) is 4. The summed E-state index contributed by atoms with van der Waals surface area (Å²) < 4.78 is 53.4. The molecule has 40 heavy (non-hydrogen) atoms. The van der Waals surface area contributed by atoms with Gasteiger partial charge in [0.2, 0.25) is 0 Å². The number of nitriles is 1. The Kier molecular flexibility index (Phi) is 9.22. The third-order valence-electron chi connectivity index (χ3n) is 6.86.